The topological polar surface area (TPSA) is 71.2 Å². The Morgan fingerprint density at radius 1 is 0.522 bits per heavy atom. The fourth-order valence-electron chi connectivity index (χ4n) is 6.20. The molecule has 266 valence electrons. The molecule has 0 aromatic heterocycles. The molecule has 4 aliphatic heterocycles. The minimum Gasteiger partial charge on any atom is -0.370 e. The SMILES string of the molecule is C=C1CCCCN1C(C)(C)C.C=C1CNC(=O)CN1C(C)(C)C.C=C1CNCCN1C(C)(C)C.CC(C)(C)N1CCCCCC1=O. The Balaban J connectivity index is 0.000000307. The zero-order chi connectivity index (χ0) is 35.5. The van der Waals surface area contributed by atoms with E-state index in [1.807, 2.05) is 9.80 Å². The van der Waals surface area contributed by atoms with E-state index in [4.69, 9.17) is 0 Å². The third-order valence-corrected chi connectivity index (χ3v) is 8.69. The number of nitrogens with one attached hydrogen (secondary N) is 2. The van der Waals surface area contributed by atoms with Gasteiger partial charge >= 0.3 is 0 Å². The second-order valence-corrected chi connectivity index (χ2v) is 17.0. The Hall–Kier alpha value is -2.48. The van der Waals surface area contributed by atoms with Crippen molar-refractivity contribution in [2.24, 2.45) is 0 Å². The summed E-state index contributed by atoms with van der Waals surface area (Å²) in [7, 11) is 0. The van der Waals surface area contributed by atoms with Crippen LogP contribution < -0.4 is 10.6 Å². The van der Waals surface area contributed by atoms with Crippen molar-refractivity contribution in [1.82, 2.24) is 30.2 Å². The van der Waals surface area contributed by atoms with Crippen LogP contribution in [0.5, 0.6) is 0 Å². The molecule has 8 heteroatoms. The van der Waals surface area contributed by atoms with Gasteiger partial charge in [0.1, 0.15) is 0 Å². The van der Waals surface area contributed by atoms with Crippen molar-refractivity contribution in [1.29, 1.82) is 0 Å². The number of hydrogen-bond acceptors (Lipinski definition) is 6. The minimum atomic E-state index is -0.00512. The molecule has 4 saturated heterocycles. The summed E-state index contributed by atoms with van der Waals surface area (Å²) in [6.07, 6.45) is 8.04. The molecule has 0 spiro atoms. The maximum atomic E-state index is 11.6. The summed E-state index contributed by atoms with van der Waals surface area (Å²) in [6.45, 7) is 44.3. The molecule has 0 unspecified atom stereocenters. The molecule has 4 heterocycles. The van der Waals surface area contributed by atoms with Gasteiger partial charge in [0.05, 0.1) is 13.1 Å². The maximum absolute atomic E-state index is 11.6. The Kier molecular flexibility index (Phi) is 15.9. The number of nitrogens with zero attached hydrogens (tertiary/aromatic N) is 4. The third-order valence-electron chi connectivity index (χ3n) is 8.69. The Morgan fingerprint density at radius 3 is 1.41 bits per heavy atom. The number of piperazine rings is 2. The van der Waals surface area contributed by atoms with Gasteiger partial charge in [-0.25, -0.2) is 0 Å². The van der Waals surface area contributed by atoms with Gasteiger partial charge in [-0.1, -0.05) is 26.2 Å². The second kappa shape index (κ2) is 17.6. The van der Waals surface area contributed by atoms with E-state index in [2.05, 4.69) is 123 Å². The number of rotatable bonds is 0. The summed E-state index contributed by atoms with van der Waals surface area (Å²) in [5.74, 6) is 0.414. The number of carbonyl (C=O) groups is 2. The van der Waals surface area contributed by atoms with Crippen LogP contribution >= 0.6 is 0 Å². The molecular formula is C38H72N6O2. The predicted molar refractivity (Wildman–Crippen MR) is 196 cm³/mol. The Labute approximate surface area is 284 Å². The van der Waals surface area contributed by atoms with E-state index in [1.54, 1.807) is 0 Å². The van der Waals surface area contributed by atoms with Gasteiger partial charge in [0.2, 0.25) is 11.8 Å². The third kappa shape index (κ3) is 14.5. The van der Waals surface area contributed by atoms with E-state index in [0.717, 1.165) is 44.7 Å². The molecule has 0 radical (unpaired) electrons. The Bertz CT molecular complexity index is 984. The van der Waals surface area contributed by atoms with Crippen molar-refractivity contribution in [3.63, 3.8) is 0 Å². The lowest BCUT2D eigenvalue weighted by molar-refractivity contribution is -0.135. The first-order chi connectivity index (χ1) is 21.0. The van der Waals surface area contributed by atoms with Crippen LogP contribution in [0.3, 0.4) is 0 Å². The molecule has 0 bridgehead atoms. The molecule has 0 atom stereocenters. The normalized spacial score (nSPS) is 20.4. The van der Waals surface area contributed by atoms with Crippen molar-refractivity contribution in [2.75, 3.05) is 45.8 Å². The number of piperidine rings is 1. The number of amides is 2. The first-order valence-corrected chi connectivity index (χ1v) is 17.6. The zero-order valence-electron chi connectivity index (χ0n) is 32.1. The minimum absolute atomic E-state index is 0.00512. The van der Waals surface area contributed by atoms with Crippen LogP contribution in [-0.4, -0.2) is 99.4 Å². The van der Waals surface area contributed by atoms with E-state index in [-0.39, 0.29) is 28.1 Å². The monoisotopic (exact) mass is 645 g/mol. The average Bonchev–Trinajstić information content (AvgIpc) is 3.14. The number of allylic oxidation sites excluding steroid dienone is 1. The average molecular weight is 645 g/mol. The summed E-state index contributed by atoms with van der Waals surface area (Å²) < 4.78 is 0. The summed E-state index contributed by atoms with van der Waals surface area (Å²) in [4.78, 5) is 31.5. The molecule has 4 rings (SSSR count). The van der Waals surface area contributed by atoms with Gasteiger partial charge in [-0.2, -0.15) is 0 Å². The van der Waals surface area contributed by atoms with Crippen LogP contribution in [0.4, 0.5) is 0 Å². The van der Waals surface area contributed by atoms with Crippen molar-refractivity contribution in [2.45, 2.75) is 150 Å². The Morgan fingerprint density at radius 2 is 0.978 bits per heavy atom. The van der Waals surface area contributed by atoms with Crippen LogP contribution in [-0.2, 0) is 9.59 Å². The lowest BCUT2D eigenvalue weighted by Gasteiger charge is -2.42. The molecular weight excluding hydrogens is 572 g/mol. The molecule has 2 N–H and O–H groups in total. The second-order valence-electron chi connectivity index (χ2n) is 17.0. The molecule has 4 fully saturated rings. The van der Waals surface area contributed by atoms with Gasteiger partial charge in [-0.3, -0.25) is 9.59 Å². The lowest BCUT2D eigenvalue weighted by Crippen LogP contribution is -2.52. The van der Waals surface area contributed by atoms with Gasteiger partial charge in [-0.15, -0.1) is 0 Å². The van der Waals surface area contributed by atoms with Crippen LogP contribution in [0.2, 0.25) is 0 Å². The summed E-state index contributed by atoms with van der Waals surface area (Å²) in [5.41, 5.74) is 4.04. The molecule has 2 amide bonds. The van der Waals surface area contributed by atoms with Crippen LogP contribution in [0.15, 0.2) is 36.8 Å². The highest BCUT2D eigenvalue weighted by molar-refractivity contribution is 5.79. The van der Waals surface area contributed by atoms with Crippen LogP contribution in [0, 0.1) is 0 Å². The smallest absolute Gasteiger partial charge is 0.239 e. The van der Waals surface area contributed by atoms with Crippen molar-refractivity contribution in [3.05, 3.63) is 36.8 Å². The molecule has 4 aliphatic rings. The van der Waals surface area contributed by atoms with Crippen LogP contribution in [0.25, 0.3) is 0 Å². The van der Waals surface area contributed by atoms with E-state index in [0.29, 0.717) is 19.0 Å². The fraction of sp³-hybridized carbons (Fsp3) is 0.789. The number of carbonyl (C=O) groups excluding carboxylic acids is 2. The van der Waals surface area contributed by atoms with Crippen LogP contribution in [0.1, 0.15) is 128 Å². The first-order valence-electron chi connectivity index (χ1n) is 17.6. The fourth-order valence-corrected chi connectivity index (χ4v) is 6.20. The summed E-state index contributed by atoms with van der Waals surface area (Å²) in [6, 6.07) is 0. The number of likely N-dealkylation sites (tertiary alicyclic amines) is 2. The maximum Gasteiger partial charge on any atom is 0.239 e. The quantitative estimate of drug-likeness (QED) is 0.299. The highest BCUT2D eigenvalue weighted by atomic mass is 16.2. The first kappa shape index (κ1) is 41.5. The van der Waals surface area contributed by atoms with E-state index in [9.17, 15) is 9.59 Å². The standard InChI is InChI=1S/C10H19NO.C10H19N.C9H16N2O.C9H18N2/c1-10(2,3)11-8-6-4-5-7-9(11)12;1-9-7-5-6-8-11(9)10(2,3)4;1-7-5-10-8(12)6-11(7)9(2,3)4;1-8-7-10-5-6-11(8)9(2,3)4/h4-8H2,1-3H3;1,5-8H2,2-4H3;1,5-6H2,2-4H3,(H,10,12);10H,1,5-7H2,2-4H3. The molecule has 0 aromatic carbocycles. The van der Waals surface area contributed by atoms with Gasteiger partial charge in [0, 0.05) is 78.4 Å². The molecule has 8 nitrogen and oxygen atoms in total. The molecule has 46 heavy (non-hydrogen) atoms. The van der Waals surface area contributed by atoms with Crippen molar-refractivity contribution in [3.8, 4) is 0 Å². The number of hydrogen-bond donors (Lipinski definition) is 2. The van der Waals surface area contributed by atoms with E-state index in [1.165, 1.54) is 50.0 Å². The lowest BCUT2D eigenvalue weighted by atomic mass is 9.99. The van der Waals surface area contributed by atoms with E-state index >= 15 is 0 Å². The van der Waals surface area contributed by atoms with Crippen molar-refractivity contribution < 1.29 is 9.59 Å². The molecule has 0 aromatic rings. The van der Waals surface area contributed by atoms with E-state index < -0.39 is 0 Å². The highest BCUT2D eigenvalue weighted by Crippen LogP contribution is 2.27. The molecule has 0 aliphatic carbocycles. The summed E-state index contributed by atoms with van der Waals surface area (Å²) >= 11 is 0. The highest BCUT2D eigenvalue weighted by Gasteiger charge is 2.29. The van der Waals surface area contributed by atoms with Gasteiger partial charge in [-0.05, 0) is 115 Å². The van der Waals surface area contributed by atoms with Gasteiger partial charge in [0.15, 0.2) is 0 Å². The summed E-state index contributed by atoms with van der Waals surface area (Å²) in [5, 5.41) is 6.05. The zero-order valence-corrected chi connectivity index (χ0v) is 32.1. The van der Waals surface area contributed by atoms with Crippen molar-refractivity contribution >= 4 is 11.8 Å². The predicted octanol–water partition coefficient (Wildman–Crippen LogP) is 6.91. The molecule has 0 saturated carbocycles. The van der Waals surface area contributed by atoms with Gasteiger partial charge < -0.3 is 30.2 Å². The van der Waals surface area contributed by atoms with Gasteiger partial charge in [0.25, 0.3) is 0 Å². The largest absolute Gasteiger partial charge is 0.370 e.